The number of carbonyl (C=O) groups excluding carboxylic acids is 1. The van der Waals surface area contributed by atoms with E-state index < -0.39 is 23.5 Å². The molecule has 11 nitrogen and oxygen atoms in total. The van der Waals surface area contributed by atoms with Gasteiger partial charge in [-0.3, -0.25) is 10.1 Å². The van der Waals surface area contributed by atoms with E-state index in [1.54, 1.807) is 43.0 Å². The lowest BCUT2D eigenvalue weighted by molar-refractivity contribution is -0.123. The number of hydrogen-bond donors (Lipinski definition) is 8. The molecule has 0 radical (unpaired) electrons. The minimum Gasteiger partial charge on any atom is -0.508 e. The number of aromatic nitrogens is 1. The minimum absolute atomic E-state index is 0.0208. The number of phenolic OH excluding ortho intramolecular Hbond substituents is 3. The first-order chi connectivity index (χ1) is 33.8. The van der Waals surface area contributed by atoms with Crippen molar-refractivity contribution >= 4 is 38.1 Å². The van der Waals surface area contributed by atoms with Crippen LogP contribution >= 0.6 is 21.6 Å². The third kappa shape index (κ3) is 11.8. The first kappa shape index (κ1) is 51.2. The molecule has 2 heterocycles. The molecule has 70 heavy (non-hydrogen) atoms. The molecule has 0 bridgehead atoms. The lowest BCUT2D eigenvalue weighted by atomic mass is 9.74. The number of fused-ring (bicyclic) bond motifs is 2. The molecule has 6 aromatic rings. The summed E-state index contributed by atoms with van der Waals surface area (Å²) in [6, 6.07) is 27.2. The minimum atomic E-state index is -1.09. The number of aliphatic hydroxyl groups is 2. The summed E-state index contributed by atoms with van der Waals surface area (Å²) in [4.78, 5) is 18.6. The molecular formula is C57H69N3O8S2. The fraction of sp³-hybridized carbons (Fsp3) is 0.421. The van der Waals surface area contributed by atoms with Gasteiger partial charge in [-0.25, -0.2) is 0 Å². The van der Waals surface area contributed by atoms with Crippen molar-refractivity contribution in [2.45, 2.75) is 113 Å². The molecule has 0 spiro atoms. The van der Waals surface area contributed by atoms with Crippen LogP contribution in [0.5, 0.6) is 28.7 Å². The molecule has 2 aliphatic rings. The molecule has 0 amide bonds. The van der Waals surface area contributed by atoms with Gasteiger partial charge in [0.05, 0.1) is 18.8 Å². The number of nitrogens with one attached hydrogen (secondary N) is 3. The van der Waals surface area contributed by atoms with E-state index in [9.17, 15) is 25.5 Å². The standard InChI is InChI=1S/C57H69N3O8S2/c1-5-37-13-14-38-11-7-8-12-45(38)46(37)29-48-39(15-17-50(62)54(48)67-4)24-42(23-36-19-22-59-31-36)52(64)30-53(65)47(41-25-43(28-44(61)26-41)57(58-3)20-9-6-10-21-57)27-40-16-18-51(63)55-49(40)32-69-70-34-56(2,66)33-60-35-68-55/h7-8,11-19,22,25-26,28,31,42,47,52,58-64,66H,5-6,9-10,20-21,23-24,27,29-30,32-35H2,1-4H3/t42-,47+,52+,56+/m0/s1. The third-order valence-electron chi connectivity index (χ3n) is 14.7. The number of β-amino-alcohol motifs (C(OH)–C–C–N with tert-alkyl or cyclic N) is 1. The zero-order valence-corrected chi connectivity index (χ0v) is 42.5. The third-order valence-corrected chi connectivity index (χ3v) is 17.2. The second kappa shape index (κ2) is 22.9. The second-order valence-electron chi connectivity index (χ2n) is 19.6. The Hall–Kier alpha value is -5.15. The molecule has 1 fully saturated rings. The number of methoxy groups -OCH3 is 1. The van der Waals surface area contributed by atoms with Crippen LogP contribution in [0.25, 0.3) is 10.8 Å². The van der Waals surface area contributed by atoms with Gasteiger partial charge in [-0.1, -0.05) is 102 Å². The van der Waals surface area contributed by atoms with Gasteiger partial charge in [-0.05, 0) is 138 Å². The topological polar surface area (TPSA) is 177 Å². The van der Waals surface area contributed by atoms with Gasteiger partial charge < -0.3 is 45.3 Å². The fourth-order valence-corrected chi connectivity index (χ4v) is 13.4. The van der Waals surface area contributed by atoms with E-state index in [4.69, 9.17) is 9.47 Å². The second-order valence-corrected chi connectivity index (χ2v) is 22.0. The molecule has 372 valence electrons. The van der Waals surface area contributed by atoms with Gasteiger partial charge in [0.15, 0.2) is 23.0 Å². The van der Waals surface area contributed by atoms with E-state index in [1.165, 1.54) is 16.4 Å². The van der Waals surface area contributed by atoms with Gasteiger partial charge in [0.1, 0.15) is 18.3 Å². The lowest BCUT2D eigenvalue weighted by Gasteiger charge is -2.38. The highest BCUT2D eigenvalue weighted by molar-refractivity contribution is 8.76. The Bertz CT molecular complexity index is 2740. The summed E-state index contributed by atoms with van der Waals surface area (Å²) in [7, 11) is 6.61. The predicted octanol–water partition coefficient (Wildman–Crippen LogP) is 10.1. The highest BCUT2D eigenvalue weighted by atomic mass is 33.1. The Morgan fingerprint density at radius 2 is 1.66 bits per heavy atom. The zero-order chi connectivity index (χ0) is 49.4. The van der Waals surface area contributed by atoms with E-state index in [2.05, 4.69) is 52.9 Å². The van der Waals surface area contributed by atoms with Crippen LogP contribution in [0.4, 0.5) is 0 Å². The van der Waals surface area contributed by atoms with Gasteiger partial charge in [-0.15, -0.1) is 0 Å². The fourth-order valence-electron chi connectivity index (χ4n) is 10.8. The number of ether oxygens (including phenoxy) is 2. The van der Waals surface area contributed by atoms with E-state index in [0.29, 0.717) is 54.4 Å². The van der Waals surface area contributed by atoms with Crippen LogP contribution in [-0.4, -0.2) is 81.2 Å². The number of aryl methyl sites for hydroxylation is 1. The van der Waals surface area contributed by atoms with E-state index in [0.717, 1.165) is 88.2 Å². The van der Waals surface area contributed by atoms with Crippen LogP contribution in [0.2, 0.25) is 0 Å². The molecule has 1 aliphatic carbocycles. The summed E-state index contributed by atoms with van der Waals surface area (Å²) in [5.74, 6) is 0.294. The number of H-pyrrole nitrogens is 1. The number of aromatic amines is 1. The summed E-state index contributed by atoms with van der Waals surface area (Å²) >= 11 is 0. The monoisotopic (exact) mass is 987 g/mol. The summed E-state index contributed by atoms with van der Waals surface area (Å²) < 4.78 is 12.1. The molecule has 13 heteroatoms. The maximum Gasteiger partial charge on any atom is 0.167 e. The van der Waals surface area contributed by atoms with Crippen molar-refractivity contribution in [2.75, 3.05) is 33.2 Å². The first-order valence-corrected chi connectivity index (χ1v) is 27.2. The smallest absolute Gasteiger partial charge is 0.167 e. The van der Waals surface area contributed by atoms with Gasteiger partial charge in [0.2, 0.25) is 0 Å². The van der Waals surface area contributed by atoms with Crippen molar-refractivity contribution in [1.29, 1.82) is 0 Å². The number of Topliss-reactive ketones (excluding diaryl/α,β-unsaturated/α-hetero) is 1. The SMILES string of the molecule is CCc1ccc2ccccc2c1Cc1c(C[C@H](Cc2cc[nH]c2)[C@H](O)CC(=O)[C@H](Cc2ccc(O)c3c2CSSC[C@](C)(O)CNCO3)c2cc(O)cc(C3(NC)CCCCC3)c2)ccc(O)c1OC. The van der Waals surface area contributed by atoms with Crippen LogP contribution in [-0.2, 0) is 48.2 Å². The van der Waals surface area contributed by atoms with Crippen molar-refractivity contribution in [3.05, 3.63) is 147 Å². The predicted molar refractivity (Wildman–Crippen MR) is 282 cm³/mol. The van der Waals surface area contributed by atoms with E-state index in [-0.39, 0.29) is 48.1 Å². The normalized spacial score (nSPS) is 18.8. The highest BCUT2D eigenvalue weighted by Crippen LogP contribution is 2.44. The number of benzene rings is 5. The Kier molecular flexibility index (Phi) is 16.8. The Morgan fingerprint density at radius 3 is 2.41 bits per heavy atom. The molecule has 0 unspecified atom stereocenters. The number of phenols is 3. The van der Waals surface area contributed by atoms with Crippen LogP contribution in [0.1, 0.15) is 108 Å². The van der Waals surface area contributed by atoms with E-state index >= 15 is 4.79 Å². The summed E-state index contributed by atoms with van der Waals surface area (Å²) in [6.07, 6.45) is 9.92. The maximum absolute atomic E-state index is 15.4. The quantitative estimate of drug-likeness (QED) is 0.0407. The van der Waals surface area contributed by atoms with Crippen molar-refractivity contribution in [1.82, 2.24) is 15.6 Å². The maximum atomic E-state index is 15.4. The lowest BCUT2D eigenvalue weighted by Crippen LogP contribution is -2.41. The van der Waals surface area contributed by atoms with Gasteiger partial charge in [-0.2, -0.15) is 0 Å². The number of hydrogen-bond acceptors (Lipinski definition) is 12. The molecule has 1 saturated carbocycles. The van der Waals surface area contributed by atoms with Crippen LogP contribution in [0.3, 0.4) is 0 Å². The molecule has 4 atom stereocenters. The number of aromatic hydroxyl groups is 3. The van der Waals surface area contributed by atoms with Crippen molar-refractivity contribution in [3.63, 3.8) is 0 Å². The summed E-state index contributed by atoms with van der Waals surface area (Å²) in [5, 5.41) is 66.5. The Morgan fingerprint density at radius 1 is 0.886 bits per heavy atom. The first-order valence-electron chi connectivity index (χ1n) is 24.7. The van der Waals surface area contributed by atoms with Gasteiger partial charge >= 0.3 is 0 Å². The van der Waals surface area contributed by atoms with Crippen molar-refractivity contribution < 1.29 is 39.8 Å². The van der Waals surface area contributed by atoms with Crippen LogP contribution in [0, 0.1) is 5.92 Å². The van der Waals surface area contributed by atoms with Gasteiger partial charge in [0.25, 0.3) is 0 Å². The number of aliphatic hydroxyl groups excluding tert-OH is 1. The largest absolute Gasteiger partial charge is 0.508 e. The molecule has 8 N–H and O–H groups in total. The van der Waals surface area contributed by atoms with Crippen LogP contribution in [0.15, 0.2) is 97.3 Å². The molecule has 8 rings (SSSR count). The van der Waals surface area contributed by atoms with Crippen molar-refractivity contribution in [2.24, 2.45) is 5.92 Å². The van der Waals surface area contributed by atoms with Gasteiger partial charge in [0, 0.05) is 65.9 Å². The van der Waals surface area contributed by atoms with E-state index in [1.807, 2.05) is 55.8 Å². The highest BCUT2D eigenvalue weighted by Gasteiger charge is 2.36. The average molecular weight is 988 g/mol. The average Bonchev–Trinajstić information content (AvgIpc) is 3.87. The molecular weight excluding hydrogens is 919 g/mol. The molecule has 1 aromatic heterocycles. The Balaban J connectivity index is 1.17. The molecule has 0 saturated heterocycles. The van der Waals surface area contributed by atoms with Crippen LogP contribution < -0.4 is 20.1 Å². The van der Waals surface area contributed by atoms with Crippen molar-refractivity contribution in [3.8, 4) is 28.7 Å². The molecule has 5 aromatic carbocycles. The zero-order valence-electron chi connectivity index (χ0n) is 40.9. The number of rotatable bonds is 17. The molecule has 1 aliphatic heterocycles. The number of carbonyl (C=O) groups is 1. The Labute approximate surface area is 420 Å². The number of ketones is 1. The summed E-state index contributed by atoms with van der Waals surface area (Å²) in [6.45, 7) is 4.29. The summed E-state index contributed by atoms with van der Waals surface area (Å²) in [5.41, 5.74) is 6.87.